The molecule has 27 heavy (non-hydrogen) atoms. The van der Waals surface area contributed by atoms with Crippen LogP contribution in [0.2, 0.25) is 0 Å². The summed E-state index contributed by atoms with van der Waals surface area (Å²) in [5.41, 5.74) is 4.14. The number of benzene rings is 2. The van der Waals surface area contributed by atoms with Crippen LogP contribution in [0, 0.1) is 0 Å². The van der Waals surface area contributed by atoms with Crippen molar-refractivity contribution in [2.45, 2.75) is 38.9 Å². The van der Waals surface area contributed by atoms with Gasteiger partial charge in [0.25, 0.3) is 0 Å². The van der Waals surface area contributed by atoms with E-state index in [0.29, 0.717) is 13.2 Å². The fourth-order valence-electron chi connectivity index (χ4n) is 3.44. The molecular formula is C22H23NO3S. The Labute approximate surface area is 163 Å². The summed E-state index contributed by atoms with van der Waals surface area (Å²) in [6.45, 7) is 3.07. The average molecular weight is 381 g/mol. The molecule has 1 aromatic heterocycles. The van der Waals surface area contributed by atoms with E-state index in [0.717, 1.165) is 58.2 Å². The van der Waals surface area contributed by atoms with Crippen LogP contribution in [-0.2, 0) is 13.0 Å². The van der Waals surface area contributed by atoms with Gasteiger partial charge in [0.05, 0.1) is 18.4 Å². The highest BCUT2D eigenvalue weighted by Gasteiger charge is 2.21. The van der Waals surface area contributed by atoms with Crippen LogP contribution in [-0.4, -0.2) is 16.7 Å². The van der Waals surface area contributed by atoms with Gasteiger partial charge in [-0.3, -0.25) is 0 Å². The third-order valence-corrected chi connectivity index (χ3v) is 5.71. The quantitative estimate of drug-likeness (QED) is 0.641. The van der Waals surface area contributed by atoms with Gasteiger partial charge in [-0.25, -0.2) is 4.98 Å². The van der Waals surface area contributed by atoms with E-state index in [-0.39, 0.29) is 6.10 Å². The van der Waals surface area contributed by atoms with E-state index in [1.165, 1.54) is 0 Å². The maximum absolute atomic E-state index is 10.2. The Bertz CT molecular complexity index is 904. The van der Waals surface area contributed by atoms with Crippen LogP contribution in [0.15, 0.2) is 47.8 Å². The number of nitrogens with zero attached hydrogens (tertiary/aromatic N) is 1. The van der Waals surface area contributed by atoms with Gasteiger partial charge in [-0.1, -0.05) is 12.1 Å². The summed E-state index contributed by atoms with van der Waals surface area (Å²) in [7, 11) is 0. The zero-order chi connectivity index (χ0) is 18.6. The second kappa shape index (κ2) is 8.11. The Morgan fingerprint density at radius 2 is 2.00 bits per heavy atom. The van der Waals surface area contributed by atoms with Crippen molar-refractivity contribution in [3.63, 3.8) is 0 Å². The molecule has 0 saturated carbocycles. The molecule has 0 fully saturated rings. The molecule has 4 rings (SSSR count). The van der Waals surface area contributed by atoms with Gasteiger partial charge in [-0.15, -0.1) is 11.3 Å². The summed E-state index contributed by atoms with van der Waals surface area (Å²) in [6.07, 6.45) is 2.40. The van der Waals surface area contributed by atoms with Gasteiger partial charge in [0.2, 0.25) is 0 Å². The van der Waals surface area contributed by atoms with Crippen LogP contribution in [0.3, 0.4) is 0 Å². The lowest BCUT2D eigenvalue weighted by Crippen LogP contribution is -2.11. The third-order valence-electron chi connectivity index (χ3n) is 4.77. The maximum Gasteiger partial charge on any atom is 0.131 e. The zero-order valence-electron chi connectivity index (χ0n) is 15.4. The second-order valence-electron chi connectivity index (χ2n) is 6.62. The molecule has 1 aliphatic carbocycles. The van der Waals surface area contributed by atoms with Crippen molar-refractivity contribution in [1.29, 1.82) is 0 Å². The standard InChI is InChI=1S/C22H23NO3S/c1-2-25-17-11-9-15(10-12-17)22-23-16(14-27-22)13-26-21-8-4-5-18-19(21)6-3-7-20(18)24/h4-5,8-12,14,20,24H,2-3,6-7,13H2,1H3/t20-/m0/s1. The van der Waals surface area contributed by atoms with Crippen molar-refractivity contribution < 1.29 is 14.6 Å². The molecule has 0 bridgehead atoms. The van der Waals surface area contributed by atoms with Crippen LogP contribution in [0.5, 0.6) is 11.5 Å². The van der Waals surface area contributed by atoms with Crippen molar-refractivity contribution in [2.75, 3.05) is 6.61 Å². The number of fused-ring (bicyclic) bond motifs is 1. The summed E-state index contributed by atoms with van der Waals surface area (Å²) in [5, 5.41) is 13.2. The first kappa shape index (κ1) is 18.0. The summed E-state index contributed by atoms with van der Waals surface area (Å²) < 4.78 is 11.5. The summed E-state index contributed by atoms with van der Waals surface area (Å²) in [6, 6.07) is 13.9. The minimum Gasteiger partial charge on any atom is -0.494 e. The minimum atomic E-state index is -0.372. The summed E-state index contributed by atoms with van der Waals surface area (Å²) in [5.74, 6) is 1.74. The molecule has 0 unspecified atom stereocenters. The minimum absolute atomic E-state index is 0.372. The predicted octanol–water partition coefficient (Wildman–Crippen LogP) is 5.16. The lowest BCUT2D eigenvalue weighted by atomic mass is 9.89. The molecule has 0 spiro atoms. The van der Waals surface area contributed by atoms with Crippen molar-refractivity contribution in [3.05, 3.63) is 64.7 Å². The van der Waals surface area contributed by atoms with Crippen LogP contribution in [0.25, 0.3) is 10.6 Å². The zero-order valence-corrected chi connectivity index (χ0v) is 16.2. The Morgan fingerprint density at radius 3 is 2.81 bits per heavy atom. The number of aliphatic hydroxyl groups excluding tert-OH is 1. The normalized spacial score (nSPS) is 16.0. The Kier molecular flexibility index (Phi) is 5.41. The molecule has 0 saturated heterocycles. The molecule has 0 radical (unpaired) electrons. The molecule has 140 valence electrons. The van der Waals surface area contributed by atoms with Gasteiger partial charge in [0.1, 0.15) is 23.1 Å². The number of hydrogen-bond donors (Lipinski definition) is 1. The topological polar surface area (TPSA) is 51.6 Å². The van der Waals surface area contributed by atoms with Crippen molar-refractivity contribution in [1.82, 2.24) is 4.98 Å². The van der Waals surface area contributed by atoms with Crippen LogP contribution in [0.4, 0.5) is 0 Å². The average Bonchev–Trinajstić information content (AvgIpc) is 3.17. The van der Waals surface area contributed by atoms with Crippen molar-refractivity contribution in [2.24, 2.45) is 0 Å². The van der Waals surface area contributed by atoms with E-state index in [2.05, 4.69) is 0 Å². The molecule has 0 aliphatic heterocycles. The van der Waals surface area contributed by atoms with Gasteiger partial charge < -0.3 is 14.6 Å². The molecule has 1 heterocycles. The predicted molar refractivity (Wildman–Crippen MR) is 107 cm³/mol. The summed E-state index contributed by atoms with van der Waals surface area (Å²) in [4.78, 5) is 4.70. The number of aliphatic hydroxyl groups is 1. The number of thiazole rings is 1. The fraction of sp³-hybridized carbons (Fsp3) is 0.318. The van der Waals surface area contributed by atoms with E-state index >= 15 is 0 Å². The Hall–Kier alpha value is -2.37. The number of hydrogen-bond acceptors (Lipinski definition) is 5. The SMILES string of the molecule is CCOc1ccc(-c2nc(COc3cccc4c3CCC[C@@H]4O)cs2)cc1. The number of aromatic nitrogens is 1. The molecule has 0 amide bonds. The van der Waals surface area contributed by atoms with Gasteiger partial charge in [-0.05, 0) is 67.6 Å². The smallest absolute Gasteiger partial charge is 0.131 e. The first-order valence-electron chi connectivity index (χ1n) is 9.35. The van der Waals surface area contributed by atoms with E-state index in [1.54, 1.807) is 11.3 Å². The highest BCUT2D eigenvalue weighted by atomic mass is 32.1. The van der Waals surface area contributed by atoms with Crippen LogP contribution >= 0.6 is 11.3 Å². The van der Waals surface area contributed by atoms with Gasteiger partial charge in [-0.2, -0.15) is 0 Å². The summed E-state index contributed by atoms with van der Waals surface area (Å²) >= 11 is 1.61. The first-order valence-corrected chi connectivity index (χ1v) is 10.2. The molecule has 1 N–H and O–H groups in total. The van der Waals surface area contributed by atoms with E-state index < -0.39 is 0 Å². The molecular weight excluding hydrogens is 358 g/mol. The highest BCUT2D eigenvalue weighted by Crippen LogP contribution is 2.35. The molecule has 5 heteroatoms. The first-order chi connectivity index (χ1) is 13.2. The van der Waals surface area contributed by atoms with Crippen LogP contribution < -0.4 is 9.47 Å². The molecule has 3 aromatic rings. The maximum atomic E-state index is 10.2. The molecule has 4 nitrogen and oxygen atoms in total. The van der Waals surface area contributed by atoms with E-state index in [4.69, 9.17) is 14.5 Å². The van der Waals surface area contributed by atoms with Gasteiger partial charge >= 0.3 is 0 Å². The third kappa shape index (κ3) is 3.99. The van der Waals surface area contributed by atoms with Crippen LogP contribution in [0.1, 0.15) is 42.7 Å². The van der Waals surface area contributed by atoms with Gasteiger partial charge in [0.15, 0.2) is 0 Å². The highest BCUT2D eigenvalue weighted by molar-refractivity contribution is 7.13. The largest absolute Gasteiger partial charge is 0.494 e. The lowest BCUT2D eigenvalue weighted by molar-refractivity contribution is 0.155. The van der Waals surface area contributed by atoms with Gasteiger partial charge in [0, 0.05) is 10.9 Å². The second-order valence-corrected chi connectivity index (χ2v) is 7.48. The van der Waals surface area contributed by atoms with E-state index in [1.807, 2.05) is 54.8 Å². The lowest BCUT2D eigenvalue weighted by Gasteiger charge is -2.23. The molecule has 2 aromatic carbocycles. The number of ether oxygens (including phenoxy) is 2. The molecule has 1 atom stereocenters. The monoisotopic (exact) mass is 381 g/mol. The fourth-order valence-corrected chi connectivity index (χ4v) is 4.25. The van der Waals surface area contributed by atoms with E-state index in [9.17, 15) is 5.11 Å². The molecule has 1 aliphatic rings. The Balaban J connectivity index is 1.45. The van der Waals surface area contributed by atoms with Crippen molar-refractivity contribution >= 4 is 11.3 Å². The Morgan fingerprint density at radius 1 is 1.15 bits per heavy atom. The van der Waals surface area contributed by atoms with Crippen molar-refractivity contribution in [3.8, 4) is 22.1 Å². The number of rotatable bonds is 6.